The van der Waals surface area contributed by atoms with Crippen LogP contribution in [0.5, 0.6) is 5.75 Å². The van der Waals surface area contributed by atoms with Gasteiger partial charge in [-0.1, -0.05) is 41.6 Å². The topological polar surface area (TPSA) is 76.4 Å². The first-order chi connectivity index (χ1) is 17.6. The number of benzene rings is 2. The maximum absolute atomic E-state index is 13.1. The lowest BCUT2D eigenvalue weighted by molar-refractivity contribution is -0.128. The van der Waals surface area contributed by atoms with Gasteiger partial charge in [-0.15, -0.1) is 10.2 Å². The van der Waals surface area contributed by atoms with Crippen molar-refractivity contribution in [2.24, 2.45) is 0 Å². The number of aromatic nitrogens is 4. The van der Waals surface area contributed by atoms with E-state index in [1.165, 1.54) is 11.8 Å². The zero-order valence-electron chi connectivity index (χ0n) is 19.7. The summed E-state index contributed by atoms with van der Waals surface area (Å²) in [5, 5.41) is 10.2. The second-order valence-electron chi connectivity index (χ2n) is 8.19. The van der Waals surface area contributed by atoms with Gasteiger partial charge in [0, 0.05) is 54.8 Å². The van der Waals surface area contributed by atoms with Crippen molar-refractivity contribution in [1.82, 2.24) is 24.6 Å². The average molecular weight is 521 g/mol. The van der Waals surface area contributed by atoms with Crippen molar-refractivity contribution >= 4 is 35.0 Å². The van der Waals surface area contributed by atoms with E-state index < -0.39 is 0 Å². The predicted molar refractivity (Wildman–Crippen MR) is 142 cm³/mol. The van der Waals surface area contributed by atoms with E-state index in [0.29, 0.717) is 34.8 Å². The Kier molecular flexibility index (Phi) is 7.39. The Balaban J connectivity index is 1.31. The summed E-state index contributed by atoms with van der Waals surface area (Å²) < 4.78 is 7.54. The molecular formula is C26H25ClN6O2S. The number of carbonyl (C=O) groups excluding carboxylic acids is 1. The van der Waals surface area contributed by atoms with Crippen LogP contribution in [0.3, 0.4) is 0 Å². The Morgan fingerprint density at radius 1 is 1.00 bits per heavy atom. The van der Waals surface area contributed by atoms with Crippen molar-refractivity contribution < 1.29 is 9.53 Å². The maximum Gasteiger partial charge on any atom is 0.233 e. The first kappa shape index (κ1) is 24.1. The third-order valence-corrected chi connectivity index (χ3v) is 7.18. The highest BCUT2D eigenvalue weighted by atomic mass is 35.5. The van der Waals surface area contributed by atoms with Crippen molar-refractivity contribution in [3.05, 3.63) is 78.1 Å². The number of piperazine rings is 1. The minimum Gasteiger partial charge on any atom is -0.495 e. The van der Waals surface area contributed by atoms with E-state index in [2.05, 4.69) is 20.1 Å². The molecule has 1 aliphatic rings. The number of pyridine rings is 1. The largest absolute Gasteiger partial charge is 0.495 e. The van der Waals surface area contributed by atoms with E-state index >= 15 is 0 Å². The Morgan fingerprint density at radius 3 is 2.53 bits per heavy atom. The van der Waals surface area contributed by atoms with Gasteiger partial charge in [-0.3, -0.25) is 14.3 Å². The SMILES string of the molecule is COc1ccccc1-n1c(SCC(=O)N2CCN(c3cccc(Cl)c3)CC2)nnc1-c1ccncc1. The fourth-order valence-electron chi connectivity index (χ4n) is 4.19. The van der Waals surface area contributed by atoms with E-state index in [1.54, 1.807) is 19.5 Å². The van der Waals surface area contributed by atoms with Crippen LogP contribution in [0.25, 0.3) is 17.1 Å². The van der Waals surface area contributed by atoms with E-state index in [-0.39, 0.29) is 11.7 Å². The molecule has 2 aromatic heterocycles. The van der Waals surface area contributed by atoms with Crippen LogP contribution >= 0.6 is 23.4 Å². The number of carbonyl (C=O) groups is 1. The number of anilines is 1. The molecule has 36 heavy (non-hydrogen) atoms. The van der Waals surface area contributed by atoms with Gasteiger partial charge in [0.25, 0.3) is 0 Å². The van der Waals surface area contributed by atoms with Gasteiger partial charge in [0.2, 0.25) is 5.91 Å². The summed E-state index contributed by atoms with van der Waals surface area (Å²) in [5.41, 5.74) is 2.76. The van der Waals surface area contributed by atoms with Crippen LogP contribution < -0.4 is 9.64 Å². The van der Waals surface area contributed by atoms with E-state index in [4.69, 9.17) is 16.3 Å². The second-order valence-corrected chi connectivity index (χ2v) is 9.56. The summed E-state index contributed by atoms with van der Waals surface area (Å²) in [6.45, 7) is 2.85. The minimum atomic E-state index is 0.0748. The summed E-state index contributed by atoms with van der Waals surface area (Å²) in [4.78, 5) is 21.4. The lowest BCUT2D eigenvalue weighted by Gasteiger charge is -2.36. The van der Waals surface area contributed by atoms with Gasteiger partial charge in [-0.25, -0.2) is 0 Å². The number of amides is 1. The van der Waals surface area contributed by atoms with Gasteiger partial charge < -0.3 is 14.5 Å². The van der Waals surface area contributed by atoms with Gasteiger partial charge in [0.05, 0.1) is 18.6 Å². The number of nitrogens with zero attached hydrogens (tertiary/aromatic N) is 6. The molecule has 2 aromatic carbocycles. The summed E-state index contributed by atoms with van der Waals surface area (Å²) in [6, 6.07) is 19.3. The number of ether oxygens (including phenoxy) is 1. The average Bonchev–Trinajstić information content (AvgIpc) is 3.36. The van der Waals surface area contributed by atoms with Gasteiger partial charge in [-0.05, 0) is 42.5 Å². The Labute approximate surface area is 218 Å². The molecule has 0 radical (unpaired) electrons. The lowest BCUT2D eigenvalue weighted by Crippen LogP contribution is -2.49. The van der Waals surface area contributed by atoms with Crippen LogP contribution in [0.2, 0.25) is 5.02 Å². The molecule has 0 N–H and O–H groups in total. The number of rotatable bonds is 7. The van der Waals surface area contributed by atoms with Crippen LogP contribution in [-0.2, 0) is 4.79 Å². The molecule has 5 rings (SSSR count). The molecule has 1 aliphatic heterocycles. The predicted octanol–water partition coefficient (Wildman–Crippen LogP) is 4.43. The summed E-state index contributed by atoms with van der Waals surface area (Å²) >= 11 is 7.51. The molecule has 0 unspecified atom stereocenters. The van der Waals surface area contributed by atoms with Crippen molar-refractivity contribution in [3.63, 3.8) is 0 Å². The van der Waals surface area contributed by atoms with E-state index in [9.17, 15) is 4.79 Å². The third-order valence-electron chi connectivity index (χ3n) is 6.03. The summed E-state index contributed by atoms with van der Waals surface area (Å²) in [5.74, 6) is 1.69. The highest BCUT2D eigenvalue weighted by molar-refractivity contribution is 7.99. The number of hydrogen-bond acceptors (Lipinski definition) is 7. The Bertz CT molecular complexity index is 1340. The van der Waals surface area contributed by atoms with Crippen LogP contribution in [-0.4, -0.2) is 69.6 Å². The van der Waals surface area contributed by atoms with Crippen molar-refractivity contribution in [2.45, 2.75) is 5.16 Å². The Hall–Kier alpha value is -3.56. The summed E-state index contributed by atoms with van der Waals surface area (Å²) in [6.07, 6.45) is 3.44. The standard InChI is InChI=1S/C26H25ClN6O2S/c1-35-23-8-3-2-7-22(23)33-25(19-9-11-28-12-10-19)29-30-26(33)36-18-24(34)32-15-13-31(14-16-32)21-6-4-5-20(27)17-21/h2-12,17H,13-16,18H2,1H3. The quantitative estimate of drug-likeness (QED) is 0.333. The van der Waals surface area contributed by atoms with Crippen LogP contribution in [0.1, 0.15) is 0 Å². The number of halogens is 1. The normalized spacial score (nSPS) is 13.6. The smallest absolute Gasteiger partial charge is 0.233 e. The number of para-hydroxylation sites is 2. The molecule has 0 saturated carbocycles. The highest BCUT2D eigenvalue weighted by Gasteiger charge is 2.24. The third kappa shape index (κ3) is 5.17. The first-order valence-electron chi connectivity index (χ1n) is 11.5. The molecule has 1 fully saturated rings. The maximum atomic E-state index is 13.1. The zero-order chi connectivity index (χ0) is 24.9. The van der Waals surface area contributed by atoms with Crippen molar-refractivity contribution in [2.75, 3.05) is 43.9 Å². The first-order valence-corrected chi connectivity index (χ1v) is 12.9. The summed E-state index contributed by atoms with van der Waals surface area (Å²) in [7, 11) is 1.63. The lowest BCUT2D eigenvalue weighted by atomic mass is 10.2. The molecular weight excluding hydrogens is 496 g/mol. The molecule has 8 nitrogen and oxygen atoms in total. The molecule has 0 aliphatic carbocycles. The molecule has 3 heterocycles. The molecule has 184 valence electrons. The van der Waals surface area contributed by atoms with Gasteiger partial charge in [0.15, 0.2) is 11.0 Å². The molecule has 10 heteroatoms. The molecule has 4 aromatic rings. The Morgan fingerprint density at radius 2 is 1.78 bits per heavy atom. The number of methoxy groups -OCH3 is 1. The van der Waals surface area contributed by atoms with Crippen LogP contribution in [0.15, 0.2) is 78.2 Å². The zero-order valence-corrected chi connectivity index (χ0v) is 21.3. The van der Waals surface area contributed by atoms with Gasteiger partial charge in [-0.2, -0.15) is 0 Å². The van der Waals surface area contributed by atoms with Crippen molar-refractivity contribution in [1.29, 1.82) is 0 Å². The van der Waals surface area contributed by atoms with Gasteiger partial charge >= 0.3 is 0 Å². The molecule has 0 bridgehead atoms. The molecule has 0 spiro atoms. The minimum absolute atomic E-state index is 0.0748. The van der Waals surface area contributed by atoms with Crippen molar-refractivity contribution in [3.8, 4) is 22.8 Å². The second kappa shape index (κ2) is 11.0. The molecule has 1 amide bonds. The fraction of sp³-hybridized carbons (Fsp3) is 0.231. The molecule has 0 atom stereocenters. The number of hydrogen-bond donors (Lipinski definition) is 0. The molecule has 1 saturated heterocycles. The fourth-order valence-corrected chi connectivity index (χ4v) is 5.22. The van der Waals surface area contributed by atoms with Crippen LogP contribution in [0.4, 0.5) is 5.69 Å². The monoisotopic (exact) mass is 520 g/mol. The highest BCUT2D eigenvalue weighted by Crippen LogP contribution is 2.32. The van der Waals surface area contributed by atoms with E-state index in [0.717, 1.165) is 30.0 Å². The van der Waals surface area contributed by atoms with Crippen LogP contribution in [0, 0.1) is 0 Å². The number of thioether (sulfide) groups is 1. The van der Waals surface area contributed by atoms with E-state index in [1.807, 2.05) is 70.1 Å². The van der Waals surface area contributed by atoms with Gasteiger partial charge in [0.1, 0.15) is 5.75 Å².